The molecular weight excluding hydrogens is 452 g/mol. The van der Waals surface area contributed by atoms with Crippen molar-refractivity contribution in [1.29, 1.82) is 0 Å². The molecule has 0 spiro atoms. The van der Waals surface area contributed by atoms with Crippen molar-refractivity contribution >= 4 is 43.2 Å². The average Bonchev–Trinajstić information content (AvgIpc) is 2.73. The number of para-hydroxylation sites is 1. The molecule has 0 saturated carbocycles. The third-order valence-electron chi connectivity index (χ3n) is 4.85. The Kier molecular flexibility index (Phi) is 5.43. The van der Waals surface area contributed by atoms with E-state index in [-0.39, 0.29) is 10.8 Å². The van der Waals surface area contributed by atoms with Crippen LogP contribution in [0.1, 0.15) is 22.3 Å². The van der Waals surface area contributed by atoms with Gasteiger partial charge in [0.2, 0.25) is 0 Å². The van der Waals surface area contributed by atoms with Crippen molar-refractivity contribution in [1.82, 2.24) is 0 Å². The lowest BCUT2D eigenvalue weighted by Crippen LogP contribution is -2.35. The summed E-state index contributed by atoms with van der Waals surface area (Å²) >= 11 is 3.35. The second-order valence-corrected chi connectivity index (χ2v) is 9.58. The van der Waals surface area contributed by atoms with E-state index in [0.717, 1.165) is 28.6 Å². The zero-order chi connectivity index (χ0) is 20.4. The molecule has 1 heterocycles. The van der Waals surface area contributed by atoms with Gasteiger partial charge in [0, 0.05) is 22.3 Å². The molecule has 1 aliphatic heterocycles. The molecule has 0 unspecified atom stereocenters. The minimum Gasteiger partial charge on any atom is -0.322 e. The van der Waals surface area contributed by atoms with Gasteiger partial charge in [-0.15, -0.1) is 0 Å². The summed E-state index contributed by atoms with van der Waals surface area (Å²) in [4.78, 5) is 12.6. The number of carbonyl (C=O) groups is 1. The number of rotatable bonds is 4. The molecule has 1 amide bonds. The molecule has 29 heavy (non-hydrogen) atoms. The smallest absolute Gasteiger partial charge is 0.264 e. The Balaban J connectivity index is 1.56. The summed E-state index contributed by atoms with van der Waals surface area (Å²) in [7, 11) is -3.66. The number of fused-ring (bicyclic) bond motifs is 1. The molecule has 7 heteroatoms. The van der Waals surface area contributed by atoms with Gasteiger partial charge in [-0.1, -0.05) is 40.2 Å². The molecule has 0 radical (unpaired) electrons. The highest BCUT2D eigenvalue weighted by atomic mass is 79.9. The van der Waals surface area contributed by atoms with Crippen molar-refractivity contribution in [3.8, 4) is 0 Å². The Labute approximate surface area is 178 Å². The molecule has 148 valence electrons. The van der Waals surface area contributed by atoms with E-state index in [1.54, 1.807) is 30.3 Å². The Morgan fingerprint density at radius 2 is 1.72 bits per heavy atom. The van der Waals surface area contributed by atoms with Crippen LogP contribution in [0.3, 0.4) is 0 Å². The Morgan fingerprint density at radius 3 is 2.48 bits per heavy atom. The number of hydrogen-bond donors (Lipinski definition) is 1. The Hall–Kier alpha value is -2.64. The highest BCUT2D eigenvalue weighted by Crippen LogP contribution is 2.32. The van der Waals surface area contributed by atoms with Crippen LogP contribution >= 0.6 is 15.9 Å². The number of nitrogens with zero attached hydrogens (tertiary/aromatic N) is 1. The van der Waals surface area contributed by atoms with E-state index in [1.165, 1.54) is 16.4 Å². The van der Waals surface area contributed by atoms with Crippen LogP contribution in [-0.4, -0.2) is 20.9 Å². The van der Waals surface area contributed by atoms with Crippen LogP contribution in [0.4, 0.5) is 11.4 Å². The molecule has 0 aromatic heterocycles. The van der Waals surface area contributed by atoms with Crippen molar-refractivity contribution < 1.29 is 13.2 Å². The summed E-state index contributed by atoms with van der Waals surface area (Å²) < 4.78 is 28.6. The van der Waals surface area contributed by atoms with E-state index in [9.17, 15) is 13.2 Å². The molecule has 0 aliphatic carbocycles. The molecule has 1 N–H and O–H groups in total. The average molecular weight is 471 g/mol. The van der Waals surface area contributed by atoms with E-state index in [1.807, 2.05) is 30.3 Å². The fraction of sp³-hybridized carbons (Fsp3) is 0.136. The molecule has 4 rings (SSSR count). The van der Waals surface area contributed by atoms with Crippen molar-refractivity contribution in [2.45, 2.75) is 17.7 Å². The van der Waals surface area contributed by atoms with Gasteiger partial charge in [0.25, 0.3) is 15.9 Å². The molecule has 3 aromatic carbocycles. The number of carbonyl (C=O) groups excluding carboxylic acids is 1. The van der Waals surface area contributed by atoms with E-state index in [0.29, 0.717) is 17.8 Å². The number of anilines is 2. The normalized spacial score (nSPS) is 13.6. The number of hydrogen-bond acceptors (Lipinski definition) is 3. The minimum absolute atomic E-state index is 0.203. The molecular formula is C22H19BrN2O3S. The van der Waals surface area contributed by atoms with E-state index >= 15 is 0 Å². The maximum Gasteiger partial charge on any atom is 0.264 e. The second kappa shape index (κ2) is 8.00. The lowest BCUT2D eigenvalue weighted by Gasteiger charge is -2.30. The van der Waals surface area contributed by atoms with E-state index < -0.39 is 10.0 Å². The SMILES string of the molecule is O=C(Nc1ccc(S(=O)(=O)N2CCCc3ccccc32)cc1)c1cccc(Br)c1. The topological polar surface area (TPSA) is 66.5 Å². The largest absolute Gasteiger partial charge is 0.322 e. The Bertz CT molecular complexity index is 1160. The first-order valence-electron chi connectivity index (χ1n) is 9.23. The predicted octanol–water partition coefficient (Wildman–Crippen LogP) is 4.84. The first kappa shape index (κ1) is 19.7. The van der Waals surface area contributed by atoms with Gasteiger partial charge in [0.15, 0.2) is 0 Å². The van der Waals surface area contributed by atoms with Gasteiger partial charge < -0.3 is 5.32 Å². The zero-order valence-corrected chi connectivity index (χ0v) is 17.9. The molecule has 1 aliphatic rings. The molecule has 0 bridgehead atoms. The number of halogens is 1. The van der Waals surface area contributed by atoms with Gasteiger partial charge in [-0.3, -0.25) is 9.10 Å². The summed E-state index contributed by atoms with van der Waals surface area (Å²) in [6.45, 7) is 0.459. The third-order valence-corrected chi connectivity index (χ3v) is 7.18. The number of nitrogens with one attached hydrogen (secondary N) is 1. The lowest BCUT2D eigenvalue weighted by atomic mass is 10.0. The highest BCUT2D eigenvalue weighted by Gasteiger charge is 2.28. The number of amides is 1. The molecule has 5 nitrogen and oxygen atoms in total. The van der Waals surface area contributed by atoms with E-state index in [2.05, 4.69) is 21.2 Å². The number of benzene rings is 3. The Morgan fingerprint density at radius 1 is 0.966 bits per heavy atom. The van der Waals surface area contributed by atoms with Crippen molar-refractivity contribution in [2.24, 2.45) is 0 Å². The quantitative estimate of drug-likeness (QED) is 0.592. The van der Waals surface area contributed by atoms with Crippen LogP contribution in [0.5, 0.6) is 0 Å². The van der Waals surface area contributed by atoms with Gasteiger partial charge in [-0.25, -0.2) is 8.42 Å². The predicted molar refractivity (Wildman–Crippen MR) is 118 cm³/mol. The summed E-state index contributed by atoms with van der Waals surface area (Å²) in [5.74, 6) is -0.258. The van der Waals surface area contributed by atoms with Gasteiger partial charge >= 0.3 is 0 Å². The first-order valence-corrected chi connectivity index (χ1v) is 11.5. The molecule has 3 aromatic rings. The van der Waals surface area contributed by atoms with Gasteiger partial charge in [-0.2, -0.15) is 0 Å². The molecule has 0 saturated heterocycles. The summed E-state index contributed by atoms with van der Waals surface area (Å²) in [6, 6.07) is 20.9. The van der Waals surface area contributed by atoms with Gasteiger partial charge in [0.05, 0.1) is 10.6 Å². The summed E-state index contributed by atoms with van der Waals surface area (Å²) in [5.41, 5.74) is 2.83. The number of aryl methyl sites for hydroxylation is 1. The van der Waals surface area contributed by atoms with Crippen LogP contribution in [0.25, 0.3) is 0 Å². The van der Waals surface area contributed by atoms with Crippen LogP contribution in [0.15, 0.2) is 82.2 Å². The van der Waals surface area contributed by atoms with Crippen LogP contribution in [0.2, 0.25) is 0 Å². The van der Waals surface area contributed by atoms with Crippen LogP contribution in [0, 0.1) is 0 Å². The van der Waals surface area contributed by atoms with Gasteiger partial charge in [-0.05, 0) is 66.9 Å². The second-order valence-electron chi connectivity index (χ2n) is 6.80. The fourth-order valence-electron chi connectivity index (χ4n) is 3.42. The summed E-state index contributed by atoms with van der Waals surface area (Å²) in [5, 5.41) is 2.79. The maximum atomic E-state index is 13.2. The zero-order valence-electron chi connectivity index (χ0n) is 15.5. The van der Waals surface area contributed by atoms with Crippen LogP contribution in [-0.2, 0) is 16.4 Å². The molecule has 0 fully saturated rings. The minimum atomic E-state index is -3.66. The van der Waals surface area contributed by atoms with E-state index in [4.69, 9.17) is 0 Å². The third kappa shape index (κ3) is 4.06. The first-order chi connectivity index (χ1) is 13.9. The fourth-order valence-corrected chi connectivity index (χ4v) is 5.36. The monoisotopic (exact) mass is 470 g/mol. The van der Waals surface area contributed by atoms with Crippen molar-refractivity contribution in [3.63, 3.8) is 0 Å². The van der Waals surface area contributed by atoms with Crippen molar-refractivity contribution in [2.75, 3.05) is 16.2 Å². The van der Waals surface area contributed by atoms with Crippen molar-refractivity contribution in [3.05, 3.63) is 88.4 Å². The lowest BCUT2D eigenvalue weighted by molar-refractivity contribution is 0.102. The van der Waals surface area contributed by atoms with Gasteiger partial charge in [0.1, 0.15) is 0 Å². The maximum absolute atomic E-state index is 13.2. The molecule has 0 atom stereocenters. The number of sulfonamides is 1. The summed E-state index contributed by atoms with van der Waals surface area (Å²) in [6.07, 6.45) is 1.67. The van der Waals surface area contributed by atoms with Crippen LogP contribution < -0.4 is 9.62 Å². The highest BCUT2D eigenvalue weighted by molar-refractivity contribution is 9.10. The standard InChI is InChI=1S/C22H19BrN2O3S/c23-18-8-3-6-17(15-18)22(26)24-19-10-12-20(13-11-19)29(27,28)25-14-4-7-16-5-1-2-9-21(16)25/h1-3,5-6,8-13,15H,4,7,14H2,(H,24,26).